The van der Waals surface area contributed by atoms with E-state index in [4.69, 9.17) is 21.1 Å². The van der Waals surface area contributed by atoms with Crippen molar-refractivity contribution in [3.05, 3.63) is 34.3 Å². The van der Waals surface area contributed by atoms with Crippen LogP contribution in [0.1, 0.15) is 37.5 Å². The normalized spacial score (nSPS) is 21.4. The first-order valence-electron chi connectivity index (χ1n) is 6.80. The zero-order chi connectivity index (χ0) is 14.7. The molecule has 0 fully saturated rings. The Hall–Kier alpha value is -1.26. The first-order chi connectivity index (χ1) is 9.52. The summed E-state index contributed by atoms with van der Waals surface area (Å²) in [6.45, 7) is 3.78. The lowest BCUT2D eigenvalue weighted by Gasteiger charge is -2.32. The SMILES string of the molecule is COC1c2c(Cl)cccc2CCC1OC(=O)NC(C)C. The van der Waals surface area contributed by atoms with Gasteiger partial charge in [0, 0.05) is 23.7 Å². The van der Waals surface area contributed by atoms with Crippen molar-refractivity contribution in [2.24, 2.45) is 0 Å². The maximum Gasteiger partial charge on any atom is 0.407 e. The van der Waals surface area contributed by atoms with Crippen molar-refractivity contribution in [3.8, 4) is 0 Å². The Morgan fingerprint density at radius 3 is 2.85 bits per heavy atom. The summed E-state index contributed by atoms with van der Waals surface area (Å²) >= 11 is 6.27. The number of benzene rings is 1. The van der Waals surface area contributed by atoms with E-state index in [-0.39, 0.29) is 18.2 Å². The van der Waals surface area contributed by atoms with Crippen LogP contribution in [0.15, 0.2) is 18.2 Å². The van der Waals surface area contributed by atoms with Gasteiger partial charge in [-0.3, -0.25) is 0 Å². The molecule has 0 saturated heterocycles. The van der Waals surface area contributed by atoms with Gasteiger partial charge in [0.1, 0.15) is 12.2 Å². The summed E-state index contributed by atoms with van der Waals surface area (Å²) in [7, 11) is 1.61. The third-order valence-corrected chi connectivity index (χ3v) is 3.71. The molecule has 110 valence electrons. The van der Waals surface area contributed by atoms with E-state index in [0.29, 0.717) is 5.02 Å². The molecule has 1 aliphatic carbocycles. The number of carbonyl (C=O) groups is 1. The number of rotatable bonds is 3. The van der Waals surface area contributed by atoms with Crippen LogP contribution in [0.4, 0.5) is 4.79 Å². The fourth-order valence-corrected chi connectivity index (χ4v) is 2.85. The molecular formula is C15H20ClNO3. The molecule has 1 aromatic rings. The molecule has 1 aliphatic rings. The quantitative estimate of drug-likeness (QED) is 0.929. The van der Waals surface area contributed by atoms with E-state index in [1.165, 1.54) is 0 Å². The topological polar surface area (TPSA) is 47.6 Å². The van der Waals surface area contributed by atoms with Crippen LogP contribution < -0.4 is 5.32 Å². The summed E-state index contributed by atoms with van der Waals surface area (Å²) in [6, 6.07) is 5.85. The van der Waals surface area contributed by atoms with Crippen molar-refractivity contribution in [2.45, 2.75) is 44.9 Å². The number of carbonyl (C=O) groups excluding carboxylic acids is 1. The Morgan fingerprint density at radius 1 is 1.45 bits per heavy atom. The van der Waals surface area contributed by atoms with Crippen molar-refractivity contribution in [2.75, 3.05) is 7.11 Å². The van der Waals surface area contributed by atoms with Crippen molar-refractivity contribution in [1.29, 1.82) is 0 Å². The van der Waals surface area contributed by atoms with E-state index in [1.807, 2.05) is 32.0 Å². The second-order valence-electron chi connectivity index (χ2n) is 5.25. The van der Waals surface area contributed by atoms with Gasteiger partial charge >= 0.3 is 6.09 Å². The fourth-order valence-electron chi connectivity index (χ4n) is 2.55. The van der Waals surface area contributed by atoms with Crippen LogP contribution in [0.2, 0.25) is 5.02 Å². The van der Waals surface area contributed by atoms with Crippen LogP contribution in [0.3, 0.4) is 0 Å². The zero-order valence-corrected chi connectivity index (χ0v) is 12.7. The highest BCUT2D eigenvalue weighted by Crippen LogP contribution is 2.38. The van der Waals surface area contributed by atoms with Gasteiger partial charge in [0.25, 0.3) is 0 Å². The molecule has 0 spiro atoms. The van der Waals surface area contributed by atoms with Crippen LogP contribution in [0.25, 0.3) is 0 Å². The Labute approximate surface area is 124 Å². The summed E-state index contributed by atoms with van der Waals surface area (Å²) in [5.41, 5.74) is 2.10. The Bertz CT molecular complexity index is 490. The highest BCUT2D eigenvalue weighted by Gasteiger charge is 2.34. The molecule has 1 N–H and O–H groups in total. The van der Waals surface area contributed by atoms with E-state index in [0.717, 1.165) is 24.0 Å². The maximum absolute atomic E-state index is 11.8. The highest BCUT2D eigenvalue weighted by atomic mass is 35.5. The summed E-state index contributed by atoms with van der Waals surface area (Å²) in [6.07, 6.45) is 0.520. The zero-order valence-electron chi connectivity index (χ0n) is 12.0. The molecule has 0 bridgehead atoms. The first-order valence-corrected chi connectivity index (χ1v) is 7.18. The van der Waals surface area contributed by atoms with E-state index >= 15 is 0 Å². The molecule has 2 atom stereocenters. The molecule has 4 nitrogen and oxygen atoms in total. The van der Waals surface area contributed by atoms with Gasteiger partial charge in [-0.05, 0) is 38.3 Å². The summed E-state index contributed by atoms with van der Waals surface area (Å²) in [5, 5.41) is 3.38. The number of alkyl carbamates (subject to hydrolysis) is 1. The van der Waals surface area contributed by atoms with Gasteiger partial charge < -0.3 is 14.8 Å². The van der Waals surface area contributed by atoms with Crippen LogP contribution in [0, 0.1) is 0 Å². The molecule has 2 unspecified atom stereocenters. The van der Waals surface area contributed by atoms with Gasteiger partial charge in [0.05, 0.1) is 0 Å². The second kappa shape index (κ2) is 6.46. The first kappa shape index (κ1) is 15.1. The highest BCUT2D eigenvalue weighted by molar-refractivity contribution is 6.31. The van der Waals surface area contributed by atoms with Crippen molar-refractivity contribution in [3.63, 3.8) is 0 Å². The minimum absolute atomic E-state index is 0.0444. The van der Waals surface area contributed by atoms with Crippen molar-refractivity contribution < 1.29 is 14.3 Å². The molecule has 0 aromatic heterocycles. The molecule has 0 heterocycles. The Balaban J connectivity index is 2.17. The average molecular weight is 298 g/mol. The number of fused-ring (bicyclic) bond motifs is 1. The number of amides is 1. The van der Waals surface area contributed by atoms with Gasteiger partial charge in [-0.2, -0.15) is 0 Å². The number of nitrogens with one attached hydrogen (secondary N) is 1. The largest absolute Gasteiger partial charge is 0.443 e. The molecule has 0 radical (unpaired) electrons. The summed E-state index contributed by atoms with van der Waals surface area (Å²) in [4.78, 5) is 11.8. The fraction of sp³-hybridized carbons (Fsp3) is 0.533. The Morgan fingerprint density at radius 2 is 2.20 bits per heavy atom. The molecule has 2 rings (SSSR count). The number of hydrogen-bond donors (Lipinski definition) is 1. The summed E-state index contributed by atoms with van der Waals surface area (Å²) in [5.74, 6) is 0. The van der Waals surface area contributed by atoms with Gasteiger partial charge in [-0.1, -0.05) is 23.7 Å². The minimum atomic E-state index is -0.414. The van der Waals surface area contributed by atoms with Gasteiger partial charge in [-0.15, -0.1) is 0 Å². The molecule has 1 amide bonds. The lowest BCUT2D eigenvalue weighted by atomic mass is 9.87. The lowest BCUT2D eigenvalue weighted by molar-refractivity contribution is -0.0334. The number of ether oxygens (including phenoxy) is 2. The van der Waals surface area contributed by atoms with E-state index in [9.17, 15) is 4.79 Å². The van der Waals surface area contributed by atoms with Gasteiger partial charge in [-0.25, -0.2) is 4.79 Å². The van der Waals surface area contributed by atoms with Crippen LogP contribution >= 0.6 is 11.6 Å². The van der Waals surface area contributed by atoms with E-state index < -0.39 is 6.09 Å². The number of methoxy groups -OCH3 is 1. The Kier molecular flexibility index (Phi) is 4.89. The molecule has 1 aromatic carbocycles. The molecule has 20 heavy (non-hydrogen) atoms. The van der Waals surface area contributed by atoms with Crippen molar-refractivity contribution in [1.82, 2.24) is 5.32 Å². The van der Waals surface area contributed by atoms with Gasteiger partial charge in [0.2, 0.25) is 0 Å². The number of halogens is 1. The van der Waals surface area contributed by atoms with Crippen LogP contribution in [-0.4, -0.2) is 25.3 Å². The average Bonchev–Trinajstić information content (AvgIpc) is 2.38. The lowest BCUT2D eigenvalue weighted by Crippen LogP contribution is -2.38. The maximum atomic E-state index is 11.8. The molecular weight excluding hydrogens is 278 g/mol. The predicted molar refractivity (Wildman–Crippen MR) is 78.1 cm³/mol. The van der Waals surface area contributed by atoms with Gasteiger partial charge in [0.15, 0.2) is 0 Å². The van der Waals surface area contributed by atoms with Crippen LogP contribution in [-0.2, 0) is 15.9 Å². The minimum Gasteiger partial charge on any atom is -0.443 e. The predicted octanol–water partition coefficient (Wildman–Crippen LogP) is 3.48. The van der Waals surface area contributed by atoms with E-state index in [2.05, 4.69) is 5.32 Å². The standard InChI is InChI=1S/C15H20ClNO3/c1-9(2)17-15(18)20-12-8-7-10-5-4-6-11(16)13(10)14(12)19-3/h4-6,9,12,14H,7-8H2,1-3H3,(H,17,18). The molecule has 0 aliphatic heterocycles. The smallest absolute Gasteiger partial charge is 0.407 e. The monoisotopic (exact) mass is 297 g/mol. The molecule has 0 saturated carbocycles. The second-order valence-corrected chi connectivity index (χ2v) is 5.66. The molecule has 5 heteroatoms. The number of hydrogen-bond acceptors (Lipinski definition) is 3. The van der Waals surface area contributed by atoms with Crippen LogP contribution in [0.5, 0.6) is 0 Å². The van der Waals surface area contributed by atoms with E-state index in [1.54, 1.807) is 7.11 Å². The van der Waals surface area contributed by atoms with Crippen molar-refractivity contribution >= 4 is 17.7 Å². The summed E-state index contributed by atoms with van der Waals surface area (Å²) < 4.78 is 11.0. The third kappa shape index (κ3) is 3.25. The third-order valence-electron chi connectivity index (χ3n) is 3.38. The number of aryl methyl sites for hydroxylation is 1.